The van der Waals surface area contributed by atoms with Gasteiger partial charge in [-0.3, -0.25) is 9.69 Å². The van der Waals surface area contributed by atoms with Crippen LogP contribution in [0.4, 0.5) is 4.79 Å². The number of ether oxygens (including phenoxy) is 3. The van der Waals surface area contributed by atoms with Gasteiger partial charge in [-0.05, 0) is 41.0 Å². The van der Waals surface area contributed by atoms with Crippen molar-refractivity contribution in [1.29, 1.82) is 0 Å². The van der Waals surface area contributed by atoms with Gasteiger partial charge < -0.3 is 14.2 Å². The molecule has 0 aromatic rings. The Morgan fingerprint density at radius 2 is 2.00 bits per heavy atom. The smallest absolute Gasteiger partial charge is 0.413 e. The van der Waals surface area contributed by atoms with E-state index in [2.05, 4.69) is 0 Å². The van der Waals surface area contributed by atoms with E-state index < -0.39 is 17.4 Å². The van der Waals surface area contributed by atoms with Crippen molar-refractivity contribution in [2.24, 2.45) is 5.92 Å². The molecule has 0 spiro atoms. The molecule has 21 heavy (non-hydrogen) atoms. The van der Waals surface area contributed by atoms with Crippen LogP contribution in [0, 0.1) is 5.92 Å². The molecule has 0 N–H and O–H groups in total. The summed E-state index contributed by atoms with van der Waals surface area (Å²) in [6, 6.07) is -0.302. The Hall–Kier alpha value is -1.30. The van der Waals surface area contributed by atoms with Crippen LogP contribution in [0.25, 0.3) is 0 Å². The third-order valence-electron chi connectivity index (χ3n) is 3.79. The van der Waals surface area contributed by atoms with Crippen LogP contribution >= 0.6 is 0 Å². The summed E-state index contributed by atoms with van der Waals surface area (Å²) in [5.74, 6) is -0.354. The van der Waals surface area contributed by atoms with E-state index in [1.165, 1.54) is 0 Å². The van der Waals surface area contributed by atoms with Crippen LogP contribution in [-0.4, -0.2) is 47.0 Å². The van der Waals surface area contributed by atoms with Crippen molar-refractivity contribution in [2.75, 3.05) is 6.61 Å². The van der Waals surface area contributed by atoms with E-state index in [-0.39, 0.29) is 24.0 Å². The van der Waals surface area contributed by atoms with E-state index in [0.717, 1.165) is 0 Å². The van der Waals surface area contributed by atoms with Crippen LogP contribution < -0.4 is 0 Å². The van der Waals surface area contributed by atoms with Gasteiger partial charge in [0.25, 0.3) is 0 Å². The van der Waals surface area contributed by atoms with E-state index in [4.69, 9.17) is 14.2 Å². The Morgan fingerprint density at radius 3 is 2.48 bits per heavy atom. The fourth-order valence-corrected chi connectivity index (χ4v) is 2.77. The Kier molecular flexibility index (Phi) is 3.95. The topological polar surface area (TPSA) is 65.1 Å². The molecule has 0 unspecified atom stereocenters. The average molecular weight is 299 g/mol. The van der Waals surface area contributed by atoms with Crippen molar-refractivity contribution in [1.82, 2.24) is 4.90 Å². The molecule has 2 aliphatic rings. The van der Waals surface area contributed by atoms with Crippen LogP contribution in [0.5, 0.6) is 0 Å². The predicted molar refractivity (Wildman–Crippen MR) is 75.6 cm³/mol. The second kappa shape index (κ2) is 5.16. The second-order valence-corrected chi connectivity index (χ2v) is 7.29. The summed E-state index contributed by atoms with van der Waals surface area (Å²) in [4.78, 5) is 25.7. The molecule has 0 aromatic heterocycles. The maximum atomic E-state index is 12.5. The predicted octanol–water partition coefficient (Wildman–Crippen LogP) is 2.31. The summed E-state index contributed by atoms with van der Waals surface area (Å²) in [7, 11) is 0. The minimum atomic E-state index is -0.773. The quantitative estimate of drug-likeness (QED) is 0.695. The number of nitrogens with zero attached hydrogens (tertiary/aromatic N) is 1. The number of hydrogen-bond acceptors (Lipinski definition) is 5. The molecule has 0 radical (unpaired) electrons. The van der Waals surface area contributed by atoms with E-state index in [1.54, 1.807) is 4.90 Å². The number of carbonyl (C=O) groups excluding carboxylic acids is 2. The van der Waals surface area contributed by atoms with Gasteiger partial charge in [-0.25, -0.2) is 4.79 Å². The highest BCUT2D eigenvalue weighted by atomic mass is 16.6. The minimum absolute atomic E-state index is 0.140. The maximum Gasteiger partial charge on any atom is 0.413 e. The number of esters is 1. The molecule has 0 bridgehead atoms. The number of rotatable bonds is 1. The van der Waals surface area contributed by atoms with Gasteiger partial charge in [-0.2, -0.15) is 0 Å². The van der Waals surface area contributed by atoms with Crippen LogP contribution in [0.3, 0.4) is 0 Å². The highest BCUT2D eigenvalue weighted by molar-refractivity contribution is 5.75. The van der Waals surface area contributed by atoms with Gasteiger partial charge in [0.15, 0.2) is 0 Å². The van der Waals surface area contributed by atoms with Gasteiger partial charge in [0, 0.05) is 0 Å². The lowest BCUT2D eigenvalue weighted by Gasteiger charge is -2.36. The van der Waals surface area contributed by atoms with Gasteiger partial charge in [0.2, 0.25) is 0 Å². The van der Waals surface area contributed by atoms with Crippen LogP contribution in [-0.2, 0) is 19.0 Å². The van der Waals surface area contributed by atoms with Crippen LogP contribution in [0.2, 0.25) is 0 Å². The SMILES string of the molecule is C[C@@H]1C[C@@H]([C@@H]2COC(C)(C)N2C(=O)OC(C)(C)C)OC1=O. The largest absolute Gasteiger partial charge is 0.460 e. The van der Waals surface area contributed by atoms with Crippen molar-refractivity contribution in [3.05, 3.63) is 0 Å². The fourth-order valence-electron chi connectivity index (χ4n) is 2.77. The van der Waals surface area contributed by atoms with Crippen molar-refractivity contribution < 1.29 is 23.8 Å². The molecule has 0 saturated carbocycles. The second-order valence-electron chi connectivity index (χ2n) is 7.29. The van der Waals surface area contributed by atoms with Crippen molar-refractivity contribution in [3.8, 4) is 0 Å². The monoisotopic (exact) mass is 299 g/mol. The zero-order valence-corrected chi connectivity index (χ0v) is 13.6. The van der Waals surface area contributed by atoms with Gasteiger partial charge >= 0.3 is 12.1 Å². The summed E-state index contributed by atoms with van der Waals surface area (Å²) >= 11 is 0. The number of cyclic esters (lactones) is 1. The summed E-state index contributed by atoms with van der Waals surface area (Å²) < 4.78 is 16.6. The lowest BCUT2D eigenvalue weighted by atomic mass is 10.0. The van der Waals surface area contributed by atoms with Crippen LogP contribution in [0.15, 0.2) is 0 Å². The molecule has 6 nitrogen and oxygen atoms in total. The maximum absolute atomic E-state index is 12.5. The van der Waals surface area contributed by atoms with Crippen molar-refractivity contribution in [3.63, 3.8) is 0 Å². The molecule has 120 valence electrons. The lowest BCUT2D eigenvalue weighted by molar-refractivity contribution is -0.146. The number of carbonyl (C=O) groups is 2. The summed E-state index contributed by atoms with van der Waals surface area (Å²) in [5, 5.41) is 0. The Morgan fingerprint density at radius 1 is 1.38 bits per heavy atom. The first-order valence-electron chi connectivity index (χ1n) is 7.38. The average Bonchev–Trinajstić information content (AvgIpc) is 2.77. The molecule has 0 aliphatic carbocycles. The first-order valence-corrected chi connectivity index (χ1v) is 7.38. The first kappa shape index (κ1) is 16.1. The highest BCUT2D eigenvalue weighted by Crippen LogP contribution is 2.35. The van der Waals surface area contributed by atoms with Gasteiger partial charge in [0.05, 0.1) is 18.6 Å². The molecular weight excluding hydrogens is 274 g/mol. The van der Waals surface area contributed by atoms with E-state index in [9.17, 15) is 9.59 Å². The Labute approximate surface area is 125 Å². The molecule has 2 rings (SSSR count). The number of hydrogen-bond donors (Lipinski definition) is 0. The third kappa shape index (κ3) is 3.31. The standard InChI is InChI=1S/C15H25NO5/c1-9-7-11(20-12(9)17)10-8-19-15(5,6)16(10)13(18)21-14(2,3)4/h9-11H,7-8H2,1-6H3/t9-,10+,11+/m1/s1. The molecule has 2 heterocycles. The molecule has 1 amide bonds. The molecular formula is C15H25NO5. The van der Waals surface area contributed by atoms with E-state index >= 15 is 0 Å². The van der Waals surface area contributed by atoms with Crippen molar-refractivity contribution >= 4 is 12.1 Å². The Bertz CT molecular complexity index is 440. The molecule has 2 aliphatic heterocycles. The van der Waals surface area contributed by atoms with Gasteiger partial charge in [0.1, 0.15) is 17.4 Å². The zero-order chi connectivity index (χ0) is 16.0. The molecule has 6 heteroatoms. The molecule has 3 atom stereocenters. The highest BCUT2D eigenvalue weighted by Gasteiger charge is 2.51. The zero-order valence-electron chi connectivity index (χ0n) is 13.6. The van der Waals surface area contributed by atoms with Crippen molar-refractivity contribution in [2.45, 2.75) is 71.4 Å². The molecule has 2 saturated heterocycles. The lowest BCUT2D eigenvalue weighted by Crippen LogP contribution is -2.53. The van der Waals surface area contributed by atoms with E-state index in [1.807, 2.05) is 41.5 Å². The summed E-state index contributed by atoms with van der Waals surface area (Å²) in [6.07, 6.45) is -0.171. The van der Waals surface area contributed by atoms with E-state index in [0.29, 0.717) is 13.0 Å². The minimum Gasteiger partial charge on any atom is -0.460 e. The van der Waals surface area contributed by atoms with Crippen LogP contribution in [0.1, 0.15) is 48.0 Å². The molecule has 0 aromatic carbocycles. The van der Waals surface area contributed by atoms with Gasteiger partial charge in [-0.1, -0.05) is 6.92 Å². The summed E-state index contributed by atoms with van der Waals surface area (Å²) in [6.45, 7) is 11.3. The fraction of sp³-hybridized carbons (Fsp3) is 0.867. The third-order valence-corrected chi connectivity index (χ3v) is 3.79. The Balaban J connectivity index is 2.17. The number of amides is 1. The first-order chi connectivity index (χ1) is 9.51. The van der Waals surface area contributed by atoms with Gasteiger partial charge in [-0.15, -0.1) is 0 Å². The normalized spacial score (nSPS) is 32.2. The summed E-state index contributed by atoms with van der Waals surface area (Å²) in [5.41, 5.74) is -1.36. The molecule has 2 fully saturated rings.